The van der Waals surface area contributed by atoms with E-state index in [0.717, 1.165) is 0 Å². The minimum absolute atomic E-state index is 0.143. The van der Waals surface area contributed by atoms with Crippen molar-refractivity contribution in [2.75, 3.05) is 13.1 Å². The van der Waals surface area contributed by atoms with E-state index in [1.165, 1.54) is 0 Å². The van der Waals surface area contributed by atoms with Crippen LogP contribution in [0.5, 0.6) is 0 Å². The van der Waals surface area contributed by atoms with Gasteiger partial charge in [-0.2, -0.15) is 9.69 Å². The number of rotatable bonds is 2. The molecule has 0 atom stereocenters. The smallest absolute Gasteiger partial charge is 0.334 e. The highest BCUT2D eigenvalue weighted by Gasteiger charge is 2.28. The lowest BCUT2D eigenvalue weighted by molar-refractivity contribution is -0.0218. The molecule has 0 saturated carbocycles. The van der Waals surface area contributed by atoms with Crippen molar-refractivity contribution in [3.63, 3.8) is 0 Å². The van der Waals surface area contributed by atoms with E-state index in [-0.39, 0.29) is 6.54 Å². The monoisotopic (exact) mass is 182 g/mol. The molecule has 0 radical (unpaired) electrons. The molecule has 0 spiro atoms. The molecule has 0 aromatic heterocycles. The SMILES string of the molecule is O=C1NCCN1OP(=O)(O)O. The second kappa shape index (κ2) is 2.78. The van der Waals surface area contributed by atoms with Gasteiger partial charge in [0.05, 0.1) is 6.54 Å². The van der Waals surface area contributed by atoms with Crippen LogP contribution in [0, 0.1) is 0 Å². The van der Waals surface area contributed by atoms with Gasteiger partial charge in [0, 0.05) is 6.54 Å². The van der Waals surface area contributed by atoms with E-state index in [2.05, 4.69) is 9.94 Å². The van der Waals surface area contributed by atoms with Gasteiger partial charge in [0.15, 0.2) is 0 Å². The van der Waals surface area contributed by atoms with Gasteiger partial charge in [-0.15, -0.1) is 0 Å². The summed E-state index contributed by atoms with van der Waals surface area (Å²) in [7, 11) is -4.59. The predicted octanol–water partition coefficient (Wildman–Crippen LogP) is -0.964. The molecule has 0 aromatic carbocycles. The molecule has 1 heterocycles. The summed E-state index contributed by atoms with van der Waals surface area (Å²) in [6.45, 7) is 0.475. The third-order valence-corrected chi connectivity index (χ3v) is 1.43. The average molecular weight is 182 g/mol. The predicted molar refractivity (Wildman–Crippen MR) is 33.2 cm³/mol. The van der Waals surface area contributed by atoms with Gasteiger partial charge in [-0.3, -0.25) is 0 Å². The van der Waals surface area contributed by atoms with E-state index < -0.39 is 13.9 Å². The zero-order valence-electron chi connectivity index (χ0n) is 5.43. The highest BCUT2D eigenvalue weighted by atomic mass is 31.2. The number of nitrogens with one attached hydrogen (secondary N) is 1. The maximum Gasteiger partial charge on any atom is 0.491 e. The Morgan fingerprint density at radius 3 is 2.64 bits per heavy atom. The fourth-order valence-electron chi connectivity index (χ4n) is 0.660. The number of carbonyl (C=O) groups is 1. The molecule has 0 aliphatic carbocycles. The summed E-state index contributed by atoms with van der Waals surface area (Å²) in [5.74, 6) is 0. The maximum atomic E-state index is 10.6. The Labute approximate surface area is 62.1 Å². The molecule has 0 unspecified atom stereocenters. The first-order chi connectivity index (χ1) is 4.99. The summed E-state index contributed by atoms with van der Waals surface area (Å²) in [5, 5.41) is 2.91. The van der Waals surface area contributed by atoms with Crippen LogP contribution in [-0.4, -0.2) is 34.0 Å². The Bertz CT molecular complexity index is 212. The van der Waals surface area contributed by atoms with Crippen molar-refractivity contribution in [2.24, 2.45) is 0 Å². The molecule has 1 saturated heterocycles. The Morgan fingerprint density at radius 1 is 1.64 bits per heavy atom. The zero-order chi connectivity index (χ0) is 8.48. The normalized spacial score (nSPS) is 18.7. The number of phosphoric acid groups is 1. The molecule has 0 bridgehead atoms. The Morgan fingerprint density at radius 2 is 2.27 bits per heavy atom. The molecule has 11 heavy (non-hydrogen) atoms. The minimum Gasteiger partial charge on any atom is -0.334 e. The molecular formula is C3H7N2O5P. The lowest BCUT2D eigenvalue weighted by atomic mass is 10.7. The van der Waals surface area contributed by atoms with Gasteiger partial charge >= 0.3 is 13.9 Å². The third kappa shape index (κ3) is 2.47. The summed E-state index contributed by atoms with van der Waals surface area (Å²) in [4.78, 5) is 27.1. The number of hydroxylamine groups is 2. The summed E-state index contributed by atoms with van der Waals surface area (Å²) in [5.41, 5.74) is 0. The van der Waals surface area contributed by atoms with Crippen LogP contribution in [0.4, 0.5) is 4.79 Å². The summed E-state index contributed by atoms with van der Waals surface area (Å²) in [6, 6.07) is -0.631. The first-order valence-electron chi connectivity index (χ1n) is 2.80. The first-order valence-corrected chi connectivity index (χ1v) is 4.33. The van der Waals surface area contributed by atoms with Crippen LogP contribution >= 0.6 is 7.82 Å². The molecule has 2 amide bonds. The molecule has 1 rings (SSSR count). The van der Waals surface area contributed by atoms with Gasteiger partial charge < -0.3 is 15.1 Å². The number of hydrogen-bond donors (Lipinski definition) is 3. The number of amides is 2. The Kier molecular flexibility index (Phi) is 2.15. The Balaban J connectivity index is 2.50. The van der Waals surface area contributed by atoms with Gasteiger partial charge in [-0.05, 0) is 0 Å². The van der Waals surface area contributed by atoms with Crippen LogP contribution in [0.15, 0.2) is 0 Å². The van der Waals surface area contributed by atoms with Crippen molar-refractivity contribution in [1.82, 2.24) is 10.4 Å². The topological polar surface area (TPSA) is 99.1 Å². The third-order valence-electron chi connectivity index (χ3n) is 1.02. The number of urea groups is 1. The molecule has 1 fully saturated rings. The number of nitrogens with zero attached hydrogens (tertiary/aromatic N) is 1. The highest BCUT2D eigenvalue weighted by Crippen LogP contribution is 2.37. The van der Waals surface area contributed by atoms with Crippen LogP contribution in [0.2, 0.25) is 0 Å². The summed E-state index contributed by atoms with van der Waals surface area (Å²) in [6.07, 6.45) is 0. The van der Waals surface area contributed by atoms with Crippen LogP contribution in [-0.2, 0) is 9.19 Å². The van der Waals surface area contributed by atoms with E-state index in [0.29, 0.717) is 11.6 Å². The molecule has 1 aliphatic heterocycles. The fraction of sp³-hybridized carbons (Fsp3) is 0.667. The highest BCUT2D eigenvalue weighted by molar-refractivity contribution is 7.46. The summed E-state index contributed by atoms with van der Waals surface area (Å²) >= 11 is 0. The lowest BCUT2D eigenvalue weighted by Gasteiger charge is -2.12. The van der Waals surface area contributed by atoms with Crippen molar-refractivity contribution in [1.29, 1.82) is 0 Å². The Hall–Kier alpha value is -0.620. The largest absolute Gasteiger partial charge is 0.491 e. The molecule has 64 valence electrons. The van der Waals surface area contributed by atoms with E-state index in [4.69, 9.17) is 9.79 Å². The number of carbonyl (C=O) groups excluding carboxylic acids is 1. The molecule has 8 heteroatoms. The van der Waals surface area contributed by atoms with E-state index in [1.807, 2.05) is 0 Å². The first kappa shape index (κ1) is 8.48. The standard InChI is InChI=1S/C3H7N2O5P/c6-3-4-1-2-5(3)10-11(7,8)9/h1-2H2,(H,4,6)(H2,7,8,9). The summed E-state index contributed by atoms with van der Waals surface area (Å²) < 4.78 is 14.2. The minimum atomic E-state index is -4.59. The van der Waals surface area contributed by atoms with Crippen molar-refractivity contribution >= 4 is 13.9 Å². The van der Waals surface area contributed by atoms with Crippen LogP contribution in [0.25, 0.3) is 0 Å². The van der Waals surface area contributed by atoms with Crippen molar-refractivity contribution in [3.05, 3.63) is 0 Å². The molecular weight excluding hydrogens is 175 g/mol. The van der Waals surface area contributed by atoms with Crippen molar-refractivity contribution in [2.45, 2.75) is 0 Å². The van der Waals surface area contributed by atoms with Crippen molar-refractivity contribution < 1.29 is 23.8 Å². The van der Waals surface area contributed by atoms with Gasteiger partial charge in [0.25, 0.3) is 0 Å². The van der Waals surface area contributed by atoms with Crippen molar-refractivity contribution in [3.8, 4) is 0 Å². The van der Waals surface area contributed by atoms with Crippen LogP contribution in [0.1, 0.15) is 0 Å². The molecule has 1 aliphatic rings. The zero-order valence-corrected chi connectivity index (χ0v) is 6.32. The fourth-order valence-corrected chi connectivity index (χ4v) is 1.07. The van der Waals surface area contributed by atoms with Gasteiger partial charge in [0.1, 0.15) is 0 Å². The van der Waals surface area contributed by atoms with Gasteiger partial charge in [-0.1, -0.05) is 0 Å². The van der Waals surface area contributed by atoms with Gasteiger partial charge in [-0.25, -0.2) is 9.36 Å². The second-order valence-corrected chi connectivity index (χ2v) is 3.05. The van der Waals surface area contributed by atoms with E-state index in [9.17, 15) is 9.36 Å². The maximum absolute atomic E-state index is 10.6. The lowest BCUT2D eigenvalue weighted by Crippen LogP contribution is -2.27. The quantitative estimate of drug-likeness (QED) is 0.477. The van der Waals surface area contributed by atoms with E-state index in [1.54, 1.807) is 0 Å². The van der Waals surface area contributed by atoms with Crippen LogP contribution in [0.3, 0.4) is 0 Å². The second-order valence-electron chi connectivity index (χ2n) is 1.91. The molecule has 3 N–H and O–H groups in total. The van der Waals surface area contributed by atoms with Gasteiger partial charge in [0.2, 0.25) is 0 Å². The average Bonchev–Trinajstić information content (AvgIpc) is 2.12. The number of hydrogen-bond acceptors (Lipinski definition) is 3. The molecule has 0 aromatic rings. The van der Waals surface area contributed by atoms with E-state index >= 15 is 0 Å². The molecule has 7 nitrogen and oxygen atoms in total. The van der Waals surface area contributed by atoms with Crippen LogP contribution < -0.4 is 5.32 Å².